The molecule has 5 rings (SSSR count). The van der Waals surface area contributed by atoms with Crippen molar-refractivity contribution in [2.24, 2.45) is 0 Å². The number of halogens is 1. The lowest BCUT2D eigenvalue weighted by molar-refractivity contribution is -0.120. The summed E-state index contributed by atoms with van der Waals surface area (Å²) in [6, 6.07) is 42.6. The molecule has 0 heterocycles. The van der Waals surface area contributed by atoms with Gasteiger partial charge in [-0.1, -0.05) is 133 Å². The van der Waals surface area contributed by atoms with E-state index in [-0.39, 0.29) is 29.9 Å². The van der Waals surface area contributed by atoms with Gasteiger partial charge in [-0.05, 0) is 34.4 Å². The number of ketones is 1. The van der Waals surface area contributed by atoms with Crippen molar-refractivity contribution in [1.82, 2.24) is 10.2 Å². The number of amides is 1. The van der Waals surface area contributed by atoms with Crippen molar-refractivity contribution in [3.63, 3.8) is 0 Å². The summed E-state index contributed by atoms with van der Waals surface area (Å²) in [7, 11) is 0. The van der Waals surface area contributed by atoms with Crippen LogP contribution in [0.25, 0.3) is 0 Å². The average molecular weight is 633 g/mol. The molecular weight excluding hydrogens is 596 g/mol. The van der Waals surface area contributed by atoms with Crippen LogP contribution in [0.2, 0.25) is 5.02 Å². The maximum absolute atomic E-state index is 13.8. The maximum Gasteiger partial charge on any atom is 0.224 e. The van der Waals surface area contributed by atoms with E-state index >= 15 is 0 Å². The first-order valence-corrected chi connectivity index (χ1v) is 15.7. The predicted molar refractivity (Wildman–Crippen MR) is 182 cm³/mol. The zero-order valence-corrected chi connectivity index (χ0v) is 26.4. The highest BCUT2D eigenvalue weighted by molar-refractivity contribution is 6.35. The average Bonchev–Trinajstić information content (AvgIpc) is 3.08. The Kier molecular flexibility index (Phi) is 12.0. The smallest absolute Gasteiger partial charge is 0.224 e. The Morgan fingerprint density at radius 3 is 1.74 bits per heavy atom. The van der Waals surface area contributed by atoms with Gasteiger partial charge in [0.25, 0.3) is 0 Å². The number of Topliss-reactive ketones (excluding diaryl/α,β-unsaturated/α-hetero) is 1. The summed E-state index contributed by atoms with van der Waals surface area (Å²) in [6.45, 7) is 2.11. The van der Waals surface area contributed by atoms with Crippen LogP contribution < -0.4 is 14.8 Å². The molecular formula is C39H37ClN2O4. The van der Waals surface area contributed by atoms with Crippen molar-refractivity contribution in [1.29, 1.82) is 0 Å². The molecule has 0 aromatic heterocycles. The number of hydrogen-bond donors (Lipinski definition) is 1. The molecule has 0 aliphatic carbocycles. The van der Waals surface area contributed by atoms with E-state index in [0.29, 0.717) is 49.7 Å². The fourth-order valence-electron chi connectivity index (χ4n) is 5.01. The van der Waals surface area contributed by atoms with E-state index in [1.54, 1.807) is 12.1 Å². The standard InChI is InChI=1S/C39H37ClN2O4/c40-38-34(21-22-36(45-28-32-17-9-3-10-18-32)39(38)46-29-33-19-11-4-12-20-33)35(43)27-42(26-31-15-7-2-8-16-31)24-23-41-37(44)25-30-13-5-1-6-14-30/h1-22H,23-29H2,(H,41,44). The Balaban J connectivity index is 1.31. The van der Waals surface area contributed by atoms with E-state index in [9.17, 15) is 9.59 Å². The van der Waals surface area contributed by atoms with E-state index in [0.717, 1.165) is 22.3 Å². The van der Waals surface area contributed by atoms with Gasteiger partial charge in [0.15, 0.2) is 17.3 Å². The first kappa shape index (κ1) is 32.5. The number of benzene rings is 5. The SMILES string of the molecule is O=C(Cc1ccccc1)NCCN(CC(=O)c1ccc(OCc2ccccc2)c(OCc2ccccc2)c1Cl)Cc1ccccc1. The first-order valence-electron chi connectivity index (χ1n) is 15.3. The molecule has 0 aliphatic heterocycles. The zero-order valence-electron chi connectivity index (χ0n) is 25.6. The second kappa shape index (κ2) is 17.0. The molecule has 0 bridgehead atoms. The molecule has 0 saturated heterocycles. The first-order chi connectivity index (χ1) is 22.5. The van der Waals surface area contributed by atoms with Crippen LogP contribution in [-0.4, -0.2) is 36.2 Å². The fourth-order valence-corrected chi connectivity index (χ4v) is 5.32. The lowest BCUT2D eigenvalue weighted by atomic mass is 10.1. The highest BCUT2D eigenvalue weighted by atomic mass is 35.5. The van der Waals surface area contributed by atoms with Crippen molar-refractivity contribution >= 4 is 23.3 Å². The molecule has 0 fully saturated rings. The van der Waals surface area contributed by atoms with E-state index in [1.165, 1.54) is 0 Å². The van der Waals surface area contributed by atoms with Gasteiger partial charge >= 0.3 is 0 Å². The maximum atomic E-state index is 13.8. The van der Waals surface area contributed by atoms with Gasteiger partial charge in [0.2, 0.25) is 5.91 Å². The molecule has 0 unspecified atom stereocenters. The van der Waals surface area contributed by atoms with E-state index in [4.69, 9.17) is 21.1 Å². The number of carbonyl (C=O) groups excluding carboxylic acids is 2. The number of carbonyl (C=O) groups is 2. The third-order valence-electron chi connectivity index (χ3n) is 7.40. The summed E-state index contributed by atoms with van der Waals surface area (Å²) in [6.07, 6.45) is 0.304. The predicted octanol–water partition coefficient (Wildman–Crippen LogP) is 7.54. The number of ether oxygens (including phenoxy) is 2. The number of nitrogens with zero attached hydrogens (tertiary/aromatic N) is 1. The van der Waals surface area contributed by atoms with Crippen LogP contribution in [0.5, 0.6) is 11.5 Å². The van der Waals surface area contributed by atoms with Gasteiger partial charge in [0.1, 0.15) is 13.2 Å². The van der Waals surface area contributed by atoms with Crippen molar-refractivity contribution in [3.8, 4) is 11.5 Å². The van der Waals surface area contributed by atoms with Gasteiger partial charge in [-0.25, -0.2) is 0 Å². The molecule has 1 N–H and O–H groups in total. The minimum atomic E-state index is -0.157. The van der Waals surface area contributed by atoms with E-state index < -0.39 is 0 Å². The molecule has 234 valence electrons. The summed E-state index contributed by atoms with van der Waals surface area (Å²) in [5.74, 6) is 0.570. The van der Waals surface area contributed by atoms with Gasteiger partial charge in [-0.3, -0.25) is 14.5 Å². The molecule has 46 heavy (non-hydrogen) atoms. The van der Waals surface area contributed by atoms with Crippen LogP contribution in [0.3, 0.4) is 0 Å². The topological polar surface area (TPSA) is 67.9 Å². The Morgan fingerprint density at radius 1 is 0.630 bits per heavy atom. The van der Waals surface area contributed by atoms with Crippen LogP contribution in [0.4, 0.5) is 0 Å². The van der Waals surface area contributed by atoms with Crippen molar-refractivity contribution < 1.29 is 19.1 Å². The van der Waals surface area contributed by atoms with Crippen LogP contribution in [0.15, 0.2) is 133 Å². The summed E-state index contributed by atoms with van der Waals surface area (Å²) >= 11 is 6.92. The molecule has 1 amide bonds. The lowest BCUT2D eigenvalue weighted by Crippen LogP contribution is -2.38. The molecule has 0 spiro atoms. The fraction of sp³-hybridized carbons (Fsp3) is 0.179. The van der Waals surface area contributed by atoms with Crippen LogP contribution >= 0.6 is 11.6 Å². The van der Waals surface area contributed by atoms with Gasteiger partial charge in [-0.2, -0.15) is 0 Å². The van der Waals surface area contributed by atoms with Crippen molar-refractivity contribution in [2.45, 2.75) is 26.2 Å². The number of nitrogens with one attached hydrogen (secondary N) is 1. The summed E-state index contributed by atoms with van der Waals surface area (Å²) in [4.78, 5) is 28.4. The van der Waals surface area contributed by atoms with E-state index in [2.05, 4.69) is 5.32 Å². The largest absolute Gasteiger partial charge is 0.485 e. The molecule has 0 saturated carbocycles. The third-order valence-corrected chi connectivity index (χ3v) is 7.77. The molecule has 0 aliphatic rings. The minimum absolute atomic E-state index is 0.0634. The second-order valence-corrected chi connectivity index (χ2v) is 11.3. The normalized spacial score (nSPS) is 10.8. The van der Waals surface area contributed by atoms with Gasteiger partial charge < -0.3 is 14.8 Å². The molecule has 0 radical (unpaired) electrons. The van der Waals surface area contributed by atoms with Gasteiger partial charge in [-0.15, -0.1) is 0 Å². The summed E-state index contributed by atoms with van der Waals surface area (Å²) < 4.78 is 12.3. The summed E-state index contributed by atoms with van der Waals surface area (Å²) in [5, 5.41) is 3.20. The van der Waals surface area contributed by atoms with Crippen molar-refractivity contribution in [3.05, 3.63) is 166 Å². The monoisotopic (exact) mass is 632 g/mol. The molecule has 7 heteroatoms. The minimum Gasteiger partial charge on any atom is -0.485 e. The zero-order chi connectivity index (χ0) is 32.0. The van der Waals surface area contributed by atoms with Crippen LogP contribution in [-0.2, 0) is 31.0 Å². The van der Waals surface area contributed by atoms with Crippen molar-refractivity contribution in [2.75, 3.05) is 19.6 Å². The quantitative estimate of drug-likeness (QED) is 0.114. The summed E-state index contributed by atoms with van der Waals surface area (Å²) in [5.41, 5.74) is 4.33. The Labute approximate surface area is 275 Å². The number of hydrogen-bond acceptors (Lipinski definition) is 5. The van der Waals surface area contributed by atoms with Gasteiger partial charge in [0.05, 0.1) is 18.0 Å². The Hall–Kier alpha value is -4.91. The molecule has 0 atom stereocenters. The van der Waals surface area contributed by atoms with Crippen LogP contribution in [0, 0.1) is 0 Å². The molecule has 5 aromatic rings. The third kappa shape index (κ3) is 9.80. The lowest BCUT2D eigenvalue weighted by Gasteiger charge is -2.23. The Bertz CT molecular complexity index is 1680. The van der Waals surface area contributed by atoms with E-state index in [1.807, 2.05) is 126 Å². The number of rotatable bonds is 16. The van der Waals surface area contributed by atoms with Crippen LogP contribution in [0.1, 0.15) is 32.6 Å². The second-order valence-electron chi connectivity index (χ2n) is 10.9. The van der Waals surface area contributed by atoms with Gasteiger partial charge in [0, 0.05) is 25.2 Å². The highest BCUT2D eigenvalue weighted by Crippen LogP contribution is 2.39. The Morgan fingerprint density at radius 2 is 1.15 bits per heavy atom. The molecule has 6 nitrogen and oxygen atoms in total. The molecule has 5 aromatic carbocycles. The highest BCUT2D eigenvalue weighted by Gasteiger charge is 2.22.